The smallest absolute Gasteiger partial charge is 0.208 e. The van der Waals surface area contributed by atoms with Crippen LogP contribution in [-0.4, -0.2) is 43.6 Å². The second-order valence-electron chi connectivity index (χ2n) is 5.63. The molecule has 1 heterocycles. The van der Waals surface area contributed by atoms with Crippen molar-refractivity contribution in [2.75, 3.05) is 37.6 Å². The topological polar surface area (TPSA) is 56.9 Å². The van der Waals surface area contributed by atoms with Gasteiger partial charge in [-0.2, -0.15) is 0 Å². The minimum atomic E-state index is 0.526. The fraction of sp³-hybridized carbons (Fsp3) is 0.533. The predicted molar refractivity (Wildman–Crippen MR) is 89.7 cm³/mol. The summed E-state index contributed by atoms with van der Waals surface area (Å²) in [5.74, 6) is 6.91. The highest BCUT2D eigenvalue weighted by atomic mass is 35.5. The van der Waals surface area contributed by atoms with E-state index in [-0.39, 0.29) is 0 Å². The number of hydrogen-bond acceptors (Lipinski definition) is 3. The maximum absolute atomic E-state index is 6.26. The Balaban J connectivity index is 1.96. The van der Waals surface area contributed by atoms with E-state index in [0.717, 1.165) is 49.4 Å². The number of halogens is 1. The van der Waals surface area contributed by atoms with Crippen molar-refractivity contribution in [1.82, 2.24) is 10.3 Å². The van der Waals surface area contributed by atoms with Gasteiger partial charge in [-0.25, -0.2) is 5.84 Å². The van der Waals surface area contributed by atoms with Crippen LogP contribution in [0.4, 0.5) is 5.69 Å². The summed E-state index contributed by atoms with van der Waals surface area (Å²) in [4.78, 5) is 9.03. The Hall–Kier alpha value is -1.46. The molecule has 1 aromatic rings. The van der Waals surface area contributed by atoms with Gasteiger partial charge in [0.2, 0.25) is 5.96 Å². The average molecular weight is 310 g/mol. The molecule has 0 aromatic heterocycles. The van der Waals surface area contributed by atoms with Crippen LogP contribution in [-0.2, 0) is 0 Å². The third-order valence-corrected chi connectivity index (χ3v) is 3.83. The van der Waals surface area contributed by atoms with Crippen molar-refractivity contribution in [3.63, 3.8) is 0 Å². The minimum absolute atomic E-state index is 0.526. The lowest BCUT2D eigenvalue weighted by Crippen LogP contribution is -2.54. The third-order valence-electron chi connectivity index (χ3n) is 3.51. The van der Waals surface area contributed by atoms with E-state index >= 15 is 0 Å². The lowest BCUT2D eigenvalue weighted by molar-refractivity contribution is 0.371. The number of nitrogens with one attached hydrogen (secondary N) is 1. The van der Waals surface area contributed by atoms with Crippen molar-refractivity contribution in [3.05, 3.63) is 29.3 Å². The second-order valence-corrected chi connectivity index (χ2v) is 6.04. The molecule has 0 spiro atoms. The lowest BCUT2D eigenvalue weighted by Gasteiger charge is -2.37. The van der Waals surface area contributed by atoms with E-state index in [2.05, 4.69) is 40.1 Å². The molecule has 0 unspecified atom stereocenters. The summed E-state index contributed by atoms with van der Waals surface area (Å²) in [6.07, 6.45) is 0. The van der Waals surface area contributed by atoms with E-state index in [1.807, 2.05) is 18.2 Å². The van der Waals surface area contributed by atoms with Gasteiger partial charge in [0.25, 0.3) is 0 Å². The Morgan fingerprint density at radius 3 is 2.52 bits per heavy atom. The number of benzene rings is 1. The molecule has 5 nitrogen and oxygen atoms in total. The first-order valence-corrected chi connectivity index (χ1v) is 7.75. The fourth-order valence-electron chi connectivity index (χ4n) is 2.37. The summed E-state index contributed by atoms with van der Waals surface area (Å²) >= 11 is 6.26. The molecule has 1 aromatic carbocycles. The van der Waals surface area contributed by atoms with E-state index in [4.69, 9.17) is 17.4 Å². The predicted octanol–water partition coefficient (Wildman–Crippen LogP) is 1.94. The summed E-state index contributed by atoms with van der Waals surface area (Å²) in [7, 11) is 0. The lowest BCUT2D eigenvalue weighted by atomic mass is 10.2. The van der Waals surface area contributed by atoms with Gasteiger partial charge in [-0.15, -0.1) is 0 Å². The van der Waals surface area contributed by atoms with Crippen LogP contribution >= 0.6 is 11.6 Å². The van der Waals surface area contributed by atoms with Crippen LogP contribution in [0.25, 0.3) is 0 Å². The maximum Gasteiger partial charge on any atom is 0.208 e. The maximum atomic E-state index is 6.26. The summed E-state index contributed by atoms with van der Waals surface area (Å²) in [5, 5.41) is 0.802. The normalized spacial score (nSPS) is 16.5. The van der Waals surface area contributed by atoms with Gasteiger partial charge in [-0.3, -0.25) is 10.4 Å². The van der Waals surface area contributed by atoms with Crippen LogP contribution in [0.2, 0.25) is 5.02 Å². The molecular weight excluding hydrogens is 286 g/mol. The van der Waals surface area contributed by atoms with E-state index < -0.39 is 0 Å². The zero-order valence-electron chi connectivity index (χ0n) is 12.7. The van der Waals surface area contributed by atoms with Gasteiger partial charge in [0.15, 0.2) is 0 Å². The zero-order valence-corrected chi connectivity index (χ0v) is 13.5. The van der Waals surface area contributed by atoms with Crippen LogP contribution in [0.1, 0.15) is 13.8 Å². The molecule has 6 heteroatoms. The number of guanidine groups is 1. The second kappa shape index (κ2) is 7.52. The molecule has 0 atom stereocenters. The number of para-hydroxylation sites is 1. The van der Waals surface area contributed by atoms with Crippen LogP contribution < -0.4 is 16.2 Å². The largest absolute Gasteiger partial charge is 0.367 e. The molecule has 3 N–H and O–H groups in total. The van der Waals surface area contributed by atoms with Crippen molar-refractivity contribution in [3.8, 4) is 0 Å². The number of piperazine rings is 1. The molecule has 0 aliphatic carbocycles. The number of hydrogen-bond donors (Lipinski definition) is 2. The molecular formula is C15H24ClN5. The quantitative estimate of drug-likeness (QED) is 0.388. The average Bonchev–Trinajstić information content (AvgIpc) is 2.49. The summed E-state index contributed by atoms with van der Waals surface area (Å²) in [6.45, 7) is 8.65. The number of anilines is 1. The summed E-state index contributed by atoms with van der Waals surface area (Å²) < 4.78 is 0. The summed E-state index contributed by atoms with van der Waals surface area (Å²) in [5.41, 5.74) is 3.82. The van der Waals surface area contributed by atoms with Gasteiger partial charge in [0.05, 0.1) is 10.7 Å². The molecule has 1 fully saturated rings. The number of nitrogens with zero attached hydrogens (tertiary/aromatic N) is 3. The molecule has 21 heavy (non-hydrogen) atoms. The van der Waals surface area contributed by atoms with Crippen LogP contribution in [0.15, 0.2) is 29.3 Å². The van der Waals surface area contributed by atoms with Gasteiger partial charge in [0.1, 0.15) is 0 Å². The molecule has 2 rings (SSSR count). The van der Waals surface area contributed by atoms with Crippen molar-refractivity contribution in [2.45, 2.75) is 13.8 Å². The summed E-state index contributed by atoms with van der Waals surface area (Å²) in [6, 6.07) is 7.97. The first-order valence-electron chi connectivity index (χ1n) is 7.37. The minimum Gasteiger partial charge on any atom is -0.367 e. The zero-order chi connectivity index (χ0) is 15.2. The van der Waals surface area contributed by atoms with Crippen LogP contribution in [0, 0.1) is 5.92 Å². The molecule has 116 valence electrons. The van der Waals surface area contributed by atoms with Gasteiger partial charge in [0, 0.05) is 32.7 Å². The molecule has 1 aliphatic rings. The Morgan fingerprint density at radius 1 is 1.29 bits per heavy atom. The number of hydrazine groups is 1. The first-order chi connectivity index (χ1) is 10.1. The number of aliphatic imine (C=N–C) groups is 1. The van der Waals surface area contributed by atoms with Crippen LogP contribution in [0.5, 0.6) is 0 Å². The van der Waals surface area contributed by atoms with Crippen LogP contribution in [0.3, 0.4) is 0 Å². The fourth-order valence-corrected chi connectivity index (χ4v) is 2.63. The molecule has 0 saturated carbocycles. The highest BCUT2D eigenvalue weighted by molar-refractivity contribution is 6.33. The molecule has 1 saturated heterocycles. The molecule has 0 bridgehead atoms. The molecule has 1 aliphatic heterocycles. The number of rotatable bonds is 3. The Kier molecular flexibility index (Phi) is 5.70. The highest BCUT2D eigenvalue weighted by Crippen LogP contribution is 2.25. The Bertz CT molecular complexity index is 481. The highest BCUT2D eigenvalue weighted by Gasteiger charge is 2.20. The van der Waals surface area contributed by atoms with E-state index in [1.54, 1.807) is 0 Å². The number of nitrogens with two attached hydrogens (primary N) is 1. The van der Waals surface area contributed by atoms with E-state index in [9.17, 15) is 0 Å². The van der Waals surface area contributed by atoms with Crippen molar-refractivity contribution >= 4 is 23.2 Å². The van der Waals surface area contributed by atoms with Gasteiger partial charge in [-0.1, -0.05) is 37.6 Å². The van der Waals surface area contributed by atoms with Gasteiger partial charge >= 0.3 is 0 Å². The van der Waals surface area contributed by atoms with E-state index in [1.165, 1.54) is 0 Å². The van der Waals surface area contributed by atoms with Crippen molar-refractivity contribution in [2.24, 2.45) is 16.8 Å². The van der Waals surface area contributed by atoms with E-state index in [0.29, 0.717) is 5.92 Å². The molecule has 0 radical (unpaired) electrons. The molecule has 0 amide bonds. The van der Waals surface area contributed by atoms with Crippen molar-refractivity contribution in [1.29, 1.82) is 0 Å². The standard InChI is InChI=1S/C15H24ClN5/c1-12(2)11-18-15(19-17)21-9-7-20(8-10-21)14-6-4-3-5-13(14)16/h3-6,12H,7-11,17H2,1-2H3,(H,18,19). The van der Waals surface area contributed by atoms with Gasteiger partial charge < -0.3 is 9.80 Å². The Labute approximate surface area is 131 Å². The van der Waals surface area contributed by atoms with Gasteiger partial charge in [-0.05, 0) is 18.1 Å². The SMILES string of the molecule is CC(C)CN=C(NN)N1CCN(c2ccccc2Cl)CC1. The monoisotopic (exact) mass is 309 g/mol. The van der Waals surface area contributed by atoms with Crippen molar-refractivity contribution < 1.29 is 0 Å². The Morgan fingerprint density at radius 2 is 1.95 bits per heavy atom. The third kappa shape index (κ3) is 4.25. The first kappa shape index (κ1) is 15.9.